The summed E-state index contributed by atoms with van der Waals surface area (Å²) in [5.74, 6) is -5.50. The number of carbonyl (C=O) groups excluding carboxylic acids is 1. The molecule has 3 nitrogen and oxygen atoms in total. The van der Waals surface area contributed by atoms with E-state index in [1.54, 1.807) is 0 Å². The summed E-state index contributed by atoms with van der Waals surface area (Å²) in [5, 5.41) is 2.68. The highest BCUT2D eigenvalue weighted by Gasteiger charge is 2.50. The van der Waals surface area contributed by atoms with Crippen molar-refractivity contribution in [2.75, 3.05) is 11.9 Å². The Hall–Kier alpha value is -1.43. The maximum atomic E-state index is 12.9. The third-order valence-corrected chi connectivity index (χ3v) is 2.80. The zero-order chi connectivity index (χ0) is 13.3. The molecule has 18 heavy (non-hydrogen) atoms. The van der Waals surface area contributed by atoms with Gasteiger partial charge in [-0.25, -0.2) is 9.18 Å². The molecule has 0 aliphatic carbocycles. The first-order valence-electron chi connectivity index (χ1n) is 5.16. The van der Waals surface area contributed by atoms with Gasteiger partial charge in [-0.05, 0) is 18.2 Å². The lowest BCUT2D eigenvalue weighted by Crippen LogP contribution is -2.22. The molecule has 1 heterocycles. The quantitative estimate of drug-likeness (QED) is 0.865. The minimum atomic E-state index is -3.42. The van der Waals surface area contributed by atoms with Crippen LogP contribution in [0.25, 0.3) is 0 Å². The normalized spacial score (nSPS) is 21.8. The van der Waals surface area contributed by atoms with Crippen molar-refractivity contribution in [3.63, 3.8) is 0 Å². The minimum Gasteiger partial charge on any atom is -0.456 e. The SMILES string of the molecule is O=C1OC(CNc2ccc(F)c(Cl)c2)CC1(F)F. The number of ether oxygens (including phenoxy) is 1. The number of rotatable bonds is 3. The number of halogens is 4. The number of hydrogen-bond donors (Lipinski definition) is 1. The van der Waals surface area contributed by atoms with E-state index >= 15 is 0 Å². The Balaban J connectivity index is 1.93. The van der Waals surface area contributed by atoms with Gasteiger partial charge in [-0.3, -0.25) is 0 Å². The fraction of sp³-hybridized carbons (Fsp3) is 0.364. The van der Waals surface area contributed by atoms with E-state index in [4.69, 9.17) is 11.6 Å². The standard InChI is InChI=1S/C11H9ClF3NO2/c12-8-3-6(1-2-9(8)13)16-5-7-4-11(14,15)10(17)18-7/h1-3,7,16H,4-5H2. The molecule has 1 aromatic carbocycles. The van der Waals surface area contributed by atoms with Crippen molar-refractivity contribution in [3.8, 4) is 0 Å². The second-order valence-electron chi connectivity index (χ2n) is 3.95. The van der Waals surface area contributed by atoms with Crippen LogP contribution in [0, 0.1) is 5.82 Å². The van der Waals surface area contributed by atoms with Crippen molar-refractivity contribution in [2.24, 2.45) is 0 Å². The van der Waals surface area contributed by atoms with Crippen LogP contribution in [0.3, 0.4) is 0 Å². The van der Waals surface area contributed by atoms with E-state index in [0.717, 1.165) is 6.07 Å². The van der Waals surface area contributed by atoms with Gasteiger partial charge in [-0.1, -0.05) is 11.6 Å². The Labute approximate surface area is 106 Å². The molecule has 1 aliphatic rings. The molecule has 1 unspecified atom stereocenters. The molecule has 1 atom stereocenters. The Bertz CT molecular complexity index is 481. The Morgan fingerprint density at radius 3 is 2.78 bits per heavy atom. The van der Waals surface area contributed by atoms with Crippen LogP contribution in [0.5, 0.6) is 0 Å². The number of benzene rings is 1. The van der Waals surface area contributed by atoms with Crippen LogP contribution in [0.15, 0.2) is 18.2 Å². The lowest BCUT2D eigenvalue weighted by Gasteiger charge is -2.11. The zero-order valence-electron chi connectivity index (χ0n) is 9.05. The Kier molecular flexibility index (Phi) is 3.38. The van der Waals surface area contributed by atoms with Gasteiger partial charge in [-0.2, -0.15) is 8.78 Å². The summed E-state index contributed by atoms with van der Waals surface area (Å²) in [5.41, 5.74) is 0.465. The minimum absolute atomic E-state index is 0.0172. The first-order valence-corrected chi connectivity index (χ1v) is 5.54. The van der Waals surface area contributed by atoms with Crippen LogP contribution in [0.2, 0.25) is 5.02 Å². The van der Waals surface area contributed by atoms with Crippen LogP contribution < -0.4 is 5.32 Å². The molecule has 98 valence electrons. The van der Waals surface area contributed by atoms with Crippen LogP contribution in [-0.2, 0) is 9.53 Å². The van der Waals surface area contributed by atoms with Gasteiger partial charge >= 0.3 is 11.9 Å². The van der Waals surface area contributed by atoms with Crippen molar-refractivity contribution in [1.29, 1.82) is 0 Å². The third kappa shape index (κ3) is 2.69. The zero-order valence-corrected chi connectivity index (χ0v) is 9.81. The Morgan fingerprint density at radius 1 is 1.50 bits per heavy atom. The number of carbonyl (C=O) groups is 1. The van der Waals surface area contributed by atoms with E-state index in [0.29, 0.717) is 5.69 Å². The van der Waals surface area contributed by atoms with Gasteiger partial charge in [0, 0.05) is 5.69 Å². The third-order valence-electron chi connectivity index (χ3n) is 2.51. The van der Waals surface area contributed by atoms with Crippen molar-refractivity contribution in [2.45, 2.75) is 18.4 Å². The van der Waals surface area contributed by atoms with Crippen molar-refractivity contribution < 1.29 is 22.7 Å². The number of alkyl halides is 2. The topological polar surface area (TPSA) is 38.3 Å². The maximum Gasteiger partial charge on any atom is 0.377 e. The summed E-state index contributed by atoms with van der Waals surface area (Å²) in [4.78, 5) is 10.7. The highest BCUT2D eigenvalue weighted by Crippen LogP contribution is 2.31. The van der Waals surface area contributed by atoms with Crippen LogP contribution in [0.4, 0.5) is 18.9 Å². The van der Waals surface area contributed by atoms with Crippen molar-refractivity contribution in [1.82, 2.24) is 0 Å². The fourth-order valence-corrected chi connectivity index (χ4v) is 1.78. The highest BCUT2D eigenvalue weighted by atomic mass is 35.5. The number of esters is 1. The van der Waals surface area contributed by atoms with Crippen molar-refractivity contribution >= 4 is 23.3 Å². The van der Waals surface area contributed by atoms with Crippen molar-refractivity contribution in [3.05, 3.63) is 29.0 Å². The lowest BCUT2D eigenvalue weighted by atomic mass is 10.2. The number of cyclic esters (lactones) is 1. The van der Waals surface area contributed by atoms with Gasteiger partial charge < -0.3 is 10.1 Å². The molecule has 1 N–H and O–H groups in total. The molecule has 1 aromatic rings. The molecule has 1 saturated heterocycles. The van der Waals surface area contributed by atoms with E-state index in [1.807, 2.05) is 0 Å². The first-order chi connectivity index (χ1) is 8.38. The monoisotopic (exact) mass is 279 g/mol. The first kappa shape index (κ1) is 13.0. The smallest absolute Gasteiger partial charge is 0.377 e. The van der Waals surface area contributed by atoms with Gasteiger partial charge in [0.25, 0.3) is 0 Å². The molecule has 0 radical (unpaired) electrons. The predicted molar refractivity (Wildman–Crippen MR) is 59.3 cm³/mol. The molecule has 7 heteroatoms. The summed E-state index contributed by atoms with van der Waals surface area (Å²) in [6, 6.07) is 3.89. The number of nitrogens with one attached hydrogen (secondary N) is 1. The van der Waals surface area contributed by atoms with Crippen LogP contribution >= 0.6 is 11.6 Å². The summed E-state index contributed by atoms with van der Waals surface area (Å²) in [6.07, 6.45) is -1.57. The molecule has 1 aliphatic heterocycles. The molecule has 0 bridgehead atoms. The van der Waals surface area contributed by atoms with Gasteiger partial charge in [0.1, 0.15) is 11.9 Å². The van der Waals surface area contributed by atoms with Gasteiger partial charge in [0.15, 0.2) is 0 Å². The molecule has 0 amide bonds. The van der Waals surface area contributed by atoms with Gasteiger partial charge in [-0.15, -0.1) is 0 Å². The molecular formula is C11H9ClF3NO2. The van der Waals surface area contributed by atoms with Crippen LogP contribution in [0.1, 0.15) is 6.42 Å². The second-order valence-corrected chi connectivity index (χ2v) is 4.35. The summed E-state index contributed by atoms with van der Waals surface area (Å²) in [7, 11) is 0. The number of hydrogen-bond acceptors (Lipinski definition) is 3. The highest BCUT2D eigenvalue weighted by molar-refractivity contribution is 6.31. The Morgan fingerprint density at radius 2 is 2.22 bits per heavy atom. The molecule has 1 fully saturated rings. The largest absolute Gasteiger partial charge is 0.456 e. The predicted octanol–water partition coefficient (Wildman–Crippen LogP) is 2.84. The van der Waals surface area contributed by atoms with E-state index in [2.05, 4.69) is 10.1 Å². The lowest BCUT2D eigenvalue weighted by molar-refractivity contribution is -0.158. The maximum absolute atomic E-state index is 12.9. The van der Waals surface area contributed by atoms with E-state index < -0.39 is 30.2 Å². The fourth-order valence-electron chi connectivity index (χ4n) is 1.60. The average Bonchev–Trinajstić information content (AvgIpc) is 2.55. The van der Waals surface area contributed by atoms with E-state index in [-0.39, 0.29) is 11.6 Å². The van der Waals surface area contributed by atoms with Gasteiger partial charge in [0.2, 0.25) is 0 Å². The average molecular weight is 280 g/mol. The molecule has 0 saturated carbocycles. The van der Waals surface area contributed by atoms with E-state index in [9.17, 15) is 18.0 Å². The molecular weight excluding hydrogens is 271 g/mol. The molecule has 2 rings (SSSR count). The number of anilines is 1. The van der Waals surface area contributed by atoms with Gasteiger partial charge in [0.05, 0.1) is 18.0 Å². The summed E-state index contributed by atoms with van der Waals surface area (Å²) < 4.78 is 43.1. The van der Waals surface area contributed by atoms with Crippen LogP contribution in [-0.4, -0.2) is 24.5 Å². The summed E-state index contributed by atoms with van der Waals surface area (Å²) >= 11 is 5.56. The second kappa shape index (κ2) is 4.68. The van der Waals surface area contributed by atoms with E-state index in [1.165, 1.54) is 12.1 Å². The molecule has 0 spiro atoms. The molecule has 0 aromatic heterocycles. The summed E-state index contributed by atoms with van der Waals surface area (Å²) in [6.45, 7) is 0.0172.